The van der Waals surface area contributed by atoms with E-state index in [-0.39, 0.29) is 24.0 Å². The van der Waals surface area contributed by atoms with Crippen molar-refractivity contribution >= 4 is 75.2 Å². The van der Waals surface area contributed by atoms with Crippen LogP contribution >= 0.6 is 34.7 Å². The topological polar surface area (TPSA) is 117 Å². The molecule has 9 nitrogen and oxygen atoms in total. The highest BCUT2D eigenvalue weighted by Gasteiger charge is 2.29. The second-order valence-electron chi connectivity index (χ2n) is 12.1. The van der Waals surface area contributed by atoms with Crippen LogP contribution in [-0.2, 0) is 33.8 Å². The molecule has 0 bridgehead atoms. The number of carbonyl (C=O) groups is 4. The second kappa shape index (κ2) is 18.0. The van der Waals surface area contributed by atoms with Crippen LogP contribution in [0.1, 0.15) is 49.2 Å². The number of amides is 3. The van der Waals surface area contributed by atoms with Gasteiger partial charge in [0.15, 0.2) is 0 Å². The van der Waals surface area contributed by atoms with Crippen LogP contribution < -0.4 is 16.0 Å². The minimum absolute atomic E-state index is 0.00335. The molecule has 0 saturated carbocycles. The first-order valence-electron chi connectivity index (χ1n) is 17.0. The van der Waals surface area contributed by atoms with E-state index < -0.39 is 17.8 Å². The summed E-state index contributed by atoms with van der Waals surface area (Å²) < 4.78 is 5.40. The number of nitrogens with zero attached hydrogens (tertiary/aromatic N) is 1. The van der Waals surface area contributed by atoms with Crippen LogP contribution in [0.2, 0.25) is 5.02 Å². The van der Waals surface area contributed by atoms with E-state index in [4.69, 9.17) is 16.3 Å². The third-order valence-corrected chi connectivity index (χ3v) is 10.8. The maximum absolute atomic E-state index is 13.6. The number of benzene rings is 4. The van der Waals surface area contributed by atoms with Crippen LogP contribution in [0.5, 0.6) is 0 Å². The highest BCUT2D eigenvalue weighted by atomic mass is 35.5. The lowest BCUT2D eigenvalue weighted by molar-refractivity contribution is -0.114. The van der Waals surface area contributed by atoms with Crippen molar-refractivity contribution in [2.45, 2.75) is 31.3 Å². The predicted octanol–water partition coefficient (Wildman–Crippen LogP) is 8.28. The molecule has 3 amide bonds. The summed E-state index contributed by atoms with van der Waals surface area (Å²) in [5.74, 6) is -1.65. The third kappa shape index (κ3) is 10.0. The number of thioether (sulfide) groups is 1. The van der Waals surface area contributed by atoms with Gasteiger partial charge in [0, 0.05) is 45.7 Å². The fourth-order valence-electron chi connectivity index (χ4n) is 5.80. The molecule has 1 aliphatic rings. The molecule has 270 valence electrons. The smallest absolute Gasteiger partial charge is 0.341 e. The van der Waals surface area contributed by atoms with Gasteiger partial charge >= 0.3 is 5.97 Å². The zero-order chi connectivity index (χ0) is 37.2. The Morgan fingerprint density at radius 3 is 2.40 bits per heavy atom. The fourth-order valence-corrected chi connectivity index (χ4v) is 8.04. The number of carbonyl (C=O) groups excluding carboxylic acids is 4. The number of fused-ring (bicyclic) bond motifs is 1. The zero-order valence-electron chi connectivity index (χ0n) is 28.9. The first-order valence-corrected chi connectivity index (χ1v) is 19.2. The summed E-state index contributed by atoms with van der Waals surface area (Å²) in [4.78, 5) is 57.1. The predicted molar refractivity (Wildman–Crippen MR) is 212 cm³/mol. The van der Waals surface area contributed by atoms with Crippen LogP contribution in [0.4, 0.5) is 10.7 Å². The Labute approximate surface area is 321 Å². The molecular weight excluding hydrogens is 728 g/mol. The Hall–Kier alpha value is -5.20. The lowest BCUT2D eigenvalue weighted by Gasteiger charge is -2.27. The average molecular weight is 765 g/mol. The van der Waals surface area contributed by atoms with E-state index in [1.165, 1.54) is 34.7 Å². The molecule has 6 rings (SSSR count). The number of thiophene rings is 1. The number of anilines is 2. The van der Waals surface area contributed by atoms with Gasteiger partial charge in [-0.1, -0.05) is 84.4 Å². The molecule has 5 aromatic rings. The van der Waals surface area contributed by atoms with Crippen LogP contribution in [0, 0.1) is 0 Å². The van der Waals surface area contributed by atoms with Crippen molar-refractivity contribution in [1.29, 1.82) is 0 Å². The Morgan fingerprint density at radius 2 is 1.64 bits per heavy atom. The lowest BCUT2D eigenvalue weighted by atomic mass is 10.0. The van der Waals surface area contributed by atoms with E-state index >= 15 is 0 Å². The van der Waals surface area contributed by atoms with Crippen molar-refractivity contribution in [1.82, 2.24) is 10.2 Å². The summed E-state index contributed by atoms with van der Waals surface area (Å²) in [6, 6.07) is 32.9. The van der Waals surface area contributed by atoms with Crippen LogP contribution in [-0.4, -0.2) is 47.5 Å². The number of hydrogen-bond donors (Lipinski definition) is 3. The molecule has 12 heteroatoms. The molecule has 4 aromatic carbocycles. The van der Waals surface area contributed by atoms with E-state index in [1.807, 2.05) is 24.3 Å². The molecule has 2 heterocycles. The van der Waals surface area contributed by atoms with E-state index in [0.29, 0.717) is 45.4 Å². The Balaban J connectivity index is 1.12. The Bertz CT molecular complexity index is 2140. The minimum Gasteiger partial charge on any atom is -0.462 e. The van der Waals surface area contributed by atoms with Gasteiger partial charge < -0.3 is 20.7 Å². The Morgan fingerprint density at radius 1 is 0.906 bits per heavy atom. The molecule has 1 aromatic heterocycles. The quantitative estimate of drug-likeness (QED) is 0.0628. The SMILES string of the molecule is CCOC(=O)c1c(NC(=O)CSc2cccc(NC(=O)/C(=C\c3ccccc3Cl)NC(=O)c3ccccc3)c2)sc2c1CCN(Cc1ccccc1)C2. The number of hydrogen-bond acceptors (Lipinski definition) is 8. The first-order chi connectivity index (χ1) is 25.8. The highest BCUT2D eigenvalue weighted by molar-refractivity contribution is 8.00. The molecule has 1 aliphatic heterocycles. The normalized spacial score (nSPS) is 12.8. The van der Waals surface area contributed by atoms with Crippen molar-refractivity contribution in [3.8, 4) is 0 Å². The fraction of sp³-hybridized carbons (Fsp3) is 0.171. The van der Waals surface area contributed by atoms with E-state index in [9.17, 15) is 19.2 Å². The van der Waals surface area contributed by atoms with Crippen LogP contribution in [0.3, 0.4) is 0 Å². The summed E-state index contributed by atoms with van der Waals surface area (Å²) >= 11 is 9.08. The van der Waals surface area contributed by atoms with Crippen molar-refractivity contribution < 1.29 is 23.9 Å². The molecule has 0 fully saturated rings. The molecule has 0 radical (unpaired) electrons. The van der Waals surface area contributed by atoms with Crippen LogP contribution in [0.25, 0.3) is 6.08 Å². The van der Waals surface area contributed by atoms with Gasteiger partial charge in [-0.2, -0.15) is 0 Å². The van der Waals surface area contributed by atoms with E-state index in [1.54, 1.807) is 79.7 Å². The van der Waals surface area contributed by atoms with Crippen molar-refractivity contribution in [3.63, 3.8) is 0 Å². The van der Waals surface area contributed by atoms with Gasteiger partial charge in [0.2, 0.25) is 5.91 Å². The monoisotopic (exact) mass is 764 g/mol. The molecule has 0 saturated heterocycles. The van der Waals surface area contributed by atoms with Gasteiger partial charge in [-0.3, -0.25) is 19.3 Å². The van der Waals surface area contributed by atoms with Gasteiger partial charge in [-0.25, -0.2) is 4.79 Å². The maximum atomic E-state index is 13.6. The molecule has 0 unspecified atom stereocenters. The molecule has 0 spiro atoms. The van der Waals surface area contributed by atoms with E-state index in [2.05, 4.69) is 33.0 Å². The second-order valence-corrected chi connectivity index (χ2v) is 14.7. The van der Waals surface area contributed by atoms with Gasteiger partial charge in [-0.15, -0.1) is 23.1 Å². The largest absolute Gasteiger partial charge is 0.462 e. The highest BCUT2D eigenvalue weighted by Crippen LogP contribution is 2.38. The molecule has 53 heavy (non-hydrogen) atoms. The summed E-state index contributed by atoms with van der Waals surface area (Å²) in [7, 11) is 0. The first kappa shape index (κ1) is 37.6. The van der Waals surface area contributed by atoms with Crippen molar-refractivity contribution in [2.75, 3.05) is 29.5 Å². The standard InChI is InChI=1S/C41H37ClN4O5S2/c1-2-51-41(50)37-32-20-21-46(24-27-12-5-3-6-13-27)25-35(32)53-40(37)45-36(47)26-52-31-18-11-17-30(23-31)43-39(49)34(22-29-16-9-10-19-33(29)42)44-38(48)28-14-7-4-8-15-28/h3-19,22-23H,2,20-21,24-26H2,1H3,(H,43,49)(H,44,48)(H,45,47)/b34-22+. The number of esters is 1. The van der Waals surface area contributed by atoms with Gasteiger partial charge in [0.05, 0.1) is 17.9 Å². The van der Waals surface area contributed by atoms with Crippen LogP contribution in [0.15, 0.2) is 120 Å². The van der Waals surface area contributed by atoms with Gasteiger partial charge in [-0.05, 0) is 72.5 Å². The lowest BCUT2D eigenvalue weighted by Crippen LogP contribution is -2.30. The molecule has 3 N–H and O–H groups in total. The number of rotatable bonds is 13. The number of nitrogens with one attached hydrogen (secondary N) is 3. The number of ether oxygens (including phenoxy) is 1. The number of halogens is 1. The molecule has 0 atom stereocenters. The summed E-state index contributed by atoms with van der Waals surface area (Å²) in [5.41, 5.74) is 4.02. The summed E-state index contributed by atoms with van der Waals surface area (Å²) in [5, 5.41) is 9.46. The molecule has 0 aliphatic carbocycles. The van der Waals surface area contributed by atoms with Gasteiger partial charge in [0.25, 0.3) is 11.8 Å². The minimum atomic E-state index is -0.551. The van der Waals surface area contributed by atoms with Gasteiger partial charge in [0.1, 0.15) is 10.7 Å². The Kier molecular flexibility index (Phi) is 12.8. The maximum Gasteiger partial charge on any atom is 0.341 e. The van der Waals surface area contributed by atoms with Crippen molar-refractivity contribution in [2.24, 2.45) is 0 Å². The summed E-state index contributed by atoms with van der Waals surface area (Å²) in [6.45, 7) is 4.26. The molecular formula is C41H37ClN4O5S2. The van der Waals surface area contributed by atoms with E-state index in [0.717, 1.165) is 28.4 Å². The summed E-state index contributed by atoms with van der Waals surface area (Å²) in [6.07, 6.45) is 2.20. The average Bonchev–Trinajstić information content (AvgIpc) is 3.52. The van der Waals surface area contributed by atoms with Crippen molar-refractivity contribution in [3.05, 3.63) is 153 Å². The third-order valence-electron chi connectivity index (χ3n) is 8.31. The zero-order valence-corrected chi connectivity index (χ0v) is 31.3.